The molecule has 0 amide bonds. The number of aromatic nitrogens is 1. The van der Waals surface area contributed by atoms with Gasteiger partial charge in [-0.05, 0) is 41.9 Å². The van der Waals surface area contributed by atoms with Crippen LogP contribution in [0, 0.1) is 5.41 Å². The van der Waals surface area contributed by atoms with Crippen molar-refractivity contribution in [1.82, 2.24) is 4.57 Å². The smallest absolute Gasteiger partial charge is 0.341 e. The maximum atomic E-state index is 12.5. The lowest BCUT2D eigenvalue weighted by atomic mass is 9.77. The van der Waals surface area contributed by atoms with Crippen LogP contribution in [0.4, 0.5) is 0 Å². The Hall–Kier alpha value is -2.56. The standard InChI is InChI=1S/C23H27NO4/c1-5-6-13-9-15-14-7-8-23(2,3)21(14)24-12-17(22(26)27)19(25)11-18(24)16(15)10-20(13)28-4/h9-12,14,21H,5-8H2,1-4H3,(H,26,27)/t14-,21+/m0/s1. The Morgan fingerprint density at radius 2 is 2.07 bits per heavy atom. The van der Waals surface area contributed by atoms with E-state index in [1.54, 1.807) is 13.3 Å². The molecule has 2 aromatic rings. The van der Waals surface area contributed by atoms with Crippen molar-refractivity contribution in [2.75, 3.05) is 7.11 Å². The van der Waals surface area contributed by atoms with Crippen molar-refractivity contribution in [2.45, 2.75) is 58.4 Å². The number of nitrogens with zero attached hydrogens (tertiary/aromatic N) is 1. The zero-order valence-corrected chi connectivity index (χ0v) is 16.9. The van der Waals surface area contributed by atoms with Gasteiger partial charge in [0.05, 0.1) is 12.8 Å². The predicted molar refractivity (Wildman–Crippen MR) is 108 cm³/mol. The molecule has 0 saturated heterocycles. The molecule has 0 spiro atoms. The lowest BCUT2D eigenvalue weighted by Crippen LogP contribution is -2.32. The fourth-order valence-corrected chi connectivity index (χ4v) is 5.26. The molecule has 5 nitrogen and oxygen atoms in total. The third kappa shape index (κ3) is 2.67. The number of carbonyl (C=O) groups is 1. The van der Waals surface area contributed by atoms with Gasteiger partial charge in [0.2, 0.25) is 0 Å². The Morgan fingerprint density at radius 3 is 2.71 bits per heavy atom. The van der Waals surface area contributed by atoms with E-state index >= 15 is 0 Å². The molecule has 148 valence electrons. The second-order valence-corrected chi connectivity index (χ2v) is 8.73. The molecule has 2 aliphatic rings. The lowest BCUT2D eigenvalue weighted by Gasteiger charge is -2.40. The number of methoxy groups -OCH3 is 1. The maximum absolute atomic E-state index is 12.5. The molecule has 1 aliphatic heterocycles. The number of benzene rings is 1. The van der Waals surface area contributed by atoms with Crippen LogP contribution in [-0.4, -0.2) is 22.8 Å². The first kappa shape index (κ1) is 18.8. The molecule has 1 aliphatic carbocycles. The number of aromatic carboxylic acids is 1. The van der Waals surface area contributed by atoms with Gasteiger partial charge in [-0.1, -0.05) is 33.3 Å². The number of carboxylic acids is 1. The Balaban J connectivity index is 2.04. The number of carboxylic acid groups (broad SMARTS) is 1. The summed E-state index contributed by atoms with van der Waals surface area (Å²) in [5.74, 6) is -0.0323. The van der Waals surface area contributed by atoms with Crippen LogP contribution in [0.3, 0.4) is 0 Å². The quantitative estimate of drug-likeness (QED) is 0.838. The minimum Gasteiger partial charge on any atom is -0.496 e. The van der Waals surface area contributed by atoms with E-state index in [1.807, 2.05) is 10.6 Å². The third-order valence-corrected chi connectivity index (χ3v) is 6.54. The number of hydrogen-bond acceptors (Lipinski definition) is 3. The number of ether oxygens (including phenoxy) is 1. The average molecular weight is 381 g/mol. The first-order chi connectivity index (χ1) is 13.3. The molecule has 2 heterocycles. The van der Waals surface area contributed by atoms with E-state index in [-0.39, 0.29) is 17.0 Å². The average Bonchev–Trinajstić information content (AvgIpc) is 2.96. The van der Waals surface area contributed by atoms with Gasteiger partial charge in [0.15, 0.2) is 5.43 Å². The molecule has 4 rings (SSSR count). The van der Waals surface area contributed by atoms with Gasteiger partial charge < -0.3 is 14.4 Å². The summed E-state index contributed by atoms with van der Waals surface area (Å²) >= 11 is 0. The number of aryl methyl sites for hydroxylation is 1. The van der Waals surface area contributed by atoms with Crippen LogP contribution in [0.5, 0.6) is 5.75 Å². The fourth-order valence-electron chi connectivity index (χ4n) is 5.26. The first-order valence-electron chi connectivity index (χ1n) is 9.99. The molecule has 1 aromatic carbocycles. The molecule has 2 atom stereocenters. The summed E-state index contributed by atoms with van der Waals surface area (Å²) in [6, 6.07) is 5.92. The van der Waals surface area contributed by atoms with E-state index in [0.717, 1.165) is 42.7 Å². The highest BCUT2D eigenvalue weighted by molar-refractivity contribution is 5.88. The predicted octanol–water partition coefficient (Wildman–Crippen LogP) is 4.63. The van der Waals surface area contributed by atoms with Crippen LogP contribution in [0.2, 0.25) is 0 Å². The lowest BCUT2D eigenvalue weighted by molar-refractivity contribution is 0.0693. The minimum absolute atomic E-state index is 0.0206. The molecule has 28 heavy (non-hydrogen) atoms. The summed E-state index contributed by atoms with van der Waals surface area (Å²) in [4.78, 5) is 24.1. The molecule has 5 heteroatoms. The monoisotopic (exact) mass is 381 g/mol. The van der Waals surface area contributed by atoms with Crippen LogP contribution < -0.4 is 10.2 Å². The highest BCUT2D eigenvalue weighted by Crippen LogP contribution is 2.59. The third-order valence-electron chi connectivity index (χ3n) is 6.54. The molecule has 1 saturated carbocycles. The Bertz CT molecular complexity index is 1020. The highest BCUT2D eigenvalue weighted by Gasteiger charge is 2.47. The van der Waals surface area contributed by atoms with E-state index in [1.165, 1.54) is 17.2 Å². The van der Waals surface area contributed by atoms with Crippen molar-refractivity contribution in [3.05, 3.63) is 51.3 Å². The van der Waals surface area contributed by atoms with Crippen LogP contribution >= 0.6 is 0 Å². The van der Waals surface area contributed by atoms with Crippen LogP contribution in [-0.2, 0) is 6.42 Å². The van der Waals surface area contributed by atoms with Gasteiger partial charge in [-0.25, -0.2) is 4.79 Å². The molecular formula is C23H27NO4. The summed E-state index contributed by atoms with van der Waals surface area (Å²) in [6.07, 6.45) is 5.65. The largest absolute Gasteiger partial charge is 0.496 e. The van der Waals surface area contributed by atoms with Crippen LogP contribution in [0.25, 0.3) is 11.3 Å². The van der Waals surface area contributed by atoms with Crippen molar-refractivity contribution in [2.24, 2.45) is 5.41 Å². The number of fused-ring (bicyclic) bond motifs is 6. The summed E-state index contributed by atoms with van der Waals surface area (Å²) < 4.78 is 7.69. The van der Waals surface area contributed by atoms with Crippen molar-refractivity contribution in [3.63, 3.8) is 0 Å². The van der Waals surface area contributed by atoms with Crippen molar-refractivity contribution >= 4 is 5.97 Å². The van der Waals surface area contributed by atoms with Gasteiger partial charge in [-0.2, -0.15) is 0 Å². The zero-order valence-electron chi connectivity index (χ0n) is 16.9. The molecule has 0 radical (unpaired) electrons. The minimum atomic E-state index is -1.17. The summed E-state index contributed by atoms with van der Waals surface area (Å²) in [5, 5.41) is 9.48. The molecular weight excluding hydrogens is 354 g/mol. The number of pyridine rings is 1. The van der Waals surface area contributed by atoms with E-state index in [9.17, 15) is 14.7 Å². The maximum Gasteiger partial charge on any atom is 0.341 e. The molecule has 0 unspecified atom stereocenters. The SMILES string of the molecule is CCCc1cc2c(cc1OC)-c1cc(=O)c(C(=O)O)cn1[C@@H]1[C@H]2CCC1(C)C. The first-order valence-corrected chi connectivity index (χ1v) is 9.99. The highest BCUT2D eigenvalue weighted by atomic mass is 16.5. The number of rotatable bonds is 4. The molecule has 0 bridgehead atoms. The topological polar surface area (TPSA) is 68.5 Å². The van der Waals surface area contributed by atoms with Gasteiger partial charge in [0, 0.05) is 29.8 Å². The van der Waals surface area contributed by atoms with Gasteiger partial charge in [0.1, 0.15) is 11.3 Å². The summed E-state index contributed by atoms with van der Waals surface area (Å²) in [6.45, 7) is 6.63. The van der Waals surface area contributed by atoms with Crippen molar-refractivity contribution in [1.29, 1.82) is 0 Å². The zero-order chi connectivity index (χ0) is 20.2. The van der Waals surface area contributed by atoms with E-state index < -0.39 is 11.4 Å². The molecule has 1 aromatic heterocycles. The van der Waals surface area contributed by atoms with Gasteiger partial charge >= 0.3 is 5.97 Å². The van der Waals surface area contributed by atoms with Crippen molar-refractivity contribution < 1.29 is 14.6 Å². The van der Waals surface area contributed by atoms with E-state index in [2.05, 4.69) is 26.8 Å². The van der Waals surface area contributed by atoms with E-state index in [0.29, 0.717) is 5.92 Å². The molecule has 1 fully saturated rings. The van der Waals surface area contributed by atoms with Crippen LogP contribution in [0.1, 0.15) is 73.5 Å². The summed E-state index contributed by atoms with van der Waals surface area (Å²) in [7, 11) is 1.67. The second-order valence-electron chi connectivity index (χ2n) is 8.73. The molecule has 1 N–H and O–H groups in total. The Morgan fingerprint density at radius 1 is 1.32 bits per heavy atom. The summed E-state index contributed by atoms with van der Waals surface area (Å²) in [5.41, 5.74) is 3.66. The number of hydrogen-bond donors (Lipinski definition) is 1. The second kappa shape index (κ2) is 6.50. The van der Waals surface area contributed by atoms with Crippen molar-refractivity contribution in [3.8, 4) is 17.0 Å². The normalized spacial score (nSPS) is 21.6. The van der Waals surface area contributed by atoms with Crippen LogP contribution in [0.15, 0.2) is 29.2 Å². The Labute approximate surface area is 165 Å². The van der Waals surface area contributed by atoms with E-state index in [4.69, 9.17) is 4.74 Å². The fraction of sp³-hybridized carbons (Fsp3) is 0.478. The van der Waals surface area contributed by atoms with Gasteiger partial charge in [0.25, 0.3) is 0 Å². The Kier molecular flexibility index (Phi) is 4.36. The van der Waals surface area contributed by atoms with Gasteiger partial charge in [-0.15, -0.1) is 0 Å². The van der Waals surface area contributed by atoms with Gasteiger partial charge in [-0.3, -0.25) is 4.79 Å².